The van der Waals surface area contributed by atoms with Crippen molar-refractivity contribution < 1.29 is 14.7 Å². The lowest BCUT2D eigenvalue weighted by Gasteiger charge is -2.41. The van der Waals surface area contributed by atoms with Gasteiger partial charge in [-0.1, -0.05) is 38.3 Å². The average Bonchev–Trinajstić information content (AvgIpc) is 3.12. The van der Waals surface area contributed by atoms with Crippen LogP contribution in [0.3, 0.4) is 0 Å². The molecule has 2 heterocycles. The molecule has 1 N–H and O–H groups in total. The summed E-state index contributed by atoms with van der Waals surface area (Å²) in [7, 11) is 0. The molecule has 0 aromatic carbocycles. The number of hydrogen-bond acceptors (Lipinski definition) is 4. The van der Waals surface area contributed by atoms with Crippen molar-refractivity contribution in [1.82, 2.24) is 19.9 Å². The molecule has 2 fully saturated rings. The summed E-state index contributed by atoms with van der Waals surface area (Å²) in [5.41, 5.74) is -0.325. The molecule has 1 amide bonds. The zero-order valence-corrected chi connectivity index (χ0v) is 15.1. The maximum atomic E-state index is 13.1. The number of amides is 1. The van der Waals surface area contributed by atoms with Gasteiger partial charge in [-0.15, -0.1) is 5.10 Å². The van der Waals surface area contributed by atoms with Gasteiger partial charge in [0.15, 0.2) is 5.69 Å². The third-order valence-corrected chi connectivity index (χ3v) is 6.03. The molecule has 1 aromatic rings. The van der Waals surface area contributed by atoms with Crippen molar-refractivity contribution in [3.63, 3.8) is 0 Å². The normalized spacial score (nSPS) is 20.6. The standard InChI is InChI=1S/C18H28N4O3/c1-18(2,13-6-4-3-5-7-13)17(25)21-10-8-14(9-11-21)22-12-15(16(23)24)19-20-22/h12-14H,3-11H2,1-2H3,(H,23,24). The van der Waals surface area contributed by atoms with E-state index in [4.69, 9.17) is 5.11 Å². The van der Waals surface area contributed by atoms with Gasteiger partial charge in [-0.3, -0.25) is 4.79 Å². The highest BCUT2D eigenvalue weighted by Crippen LogP contribution is 2.40. The van der Waals surface area contributed by atoms with Crippen molar-refractivity contribution in [2.75, 3.05) is 13.1 Å². The summed E-state index contributed by atoms with van der Waals surface area (Å²) < 4.78 is 1.64. The van der Waals surface area contributed by atoms with E-state index in [9.17, 15) is 9.59 Å². The fourth-order valence-electron chi connectivity index (χ4n) is 4.29. The molecule has 7 heteroatoms. The Morgan fingerprint density at radius 3 is 2.32 bits per heavy atom. The molecular formula is C18H28N4O3. The number of hydrogen-bond donors (Lipinski definition) is 1. The number of nitrogens with zero attached hydrogens (tertiary/aromatic N) is 4. The minimum atomic E-state index is -1.06. The maximum absolute atomic E-state index is 13.1. The van der Waals surface area contributed by atoms with Gasteiger partial charge in [-0.05, 0) is 31.6 Å². The summed E-state index contributed by atoms with van der Waals surface area (Å²) in [5.74, 6) is -0.310. The van der Waals surface area contributed by atoms with Gasteiger partial charge in [0, 0.05) is 18.5 Å². The van der Waals surface area contributed by atoms with E-state index in [1.54, 1.807) is 4.68 Å². The first kappa shape index (κ1) is 17.9. The lowest BCUT2D eigenvalue weighted by atomic mass is 9.70. The molecular weight excluding hydrogens is 320 g/mol. The Balaban J connectivity index is 1.59. The highest BCUT2D eigenvalue weighted by atomic mass is 16.4. The van der Waals surface area contributed by atoms with Crippen LogP contribution in [0.15, 0.2) is 6.20 Å². The first-order chi connectivity index (χ1) is 11.9. The Morgan fingerprint density at radius 2 is 1.76 bits per heavy atom. The van der Waals surface area contributed by atoms with Gasteiger partial charge >= 0.3 is 5.97 Å². The number of aromatic carboxylic acids is 1. The van der Waals surface area contributed by atoms with Gasteiger partial charge in [0.05, 0.1) is 12.2 Å². The number of carbonyl (C=O) groups is 2. The molecule has 1 saturated carbocycles. The lowest BCUT2D eigenvalue weighted by Crippen LogP contribution is -2.48. The second-order valence-electron chi connectivity index (χ2n) is 7.97. The highest BCUT2D eigenvalue weighted by Gasteiger charge is 2.40. The van der Waals surface area contributed by atoms with Crippen LogP contribution in [0.25, 0.3) is 0 Å². The predicted octanol–water partition coefficient (Wildman–Crippen LogP) is 2.75. The first-order valence-electron chi connectivity index (χ1n) is 9.34. The van der Waals surface area contributed by atoms with Crippen LogP contribution < -0.4 is 0 Å². The fraction of sp³-hybridized carbons (Fsp3) is 0.778. The molecule has 0 unspecified atom stereocenters. The predicted molar refractivity (Wildman–Crippen MR) is 92.2 cm³/mol. The molecule has 1 aliphatic heterocycles. The summed E-state index contributed by atoms with van der Waals surface area (Å²) in [5, 5.41) is 16.6. The van der Waals surface area contributed by atoms with E-state index in [0.29, 0.717) is 19.0 Å². The molecule has 138 valence electrons. The van der Waals surface area contributed by atoms with Gasteiger partial charge in [0.25, 0.3) is 0 Å². The van der Waals surface area contributed by atoms with E-state index < -0.39 is 5.97 Å². The van der Waals surface area contributed by atoms with Gasteiger partial charge in [-0.2, -0.15) is 0 Å². The molecule has 25 heavy (non-hydrogen) atoms. The van der Waals surface area contributed by atoms with Gasteiger partial charge in [-0.25, -0.2) is 9.48 Å². The highest BCUT2D eigenvalue weighted by molar-refractivity contribution is 5.84. The van der Waals surface area contributed by atoms with Crippen LogP contribution >= 0.6 is 0 Å². The lowest BCUT2D eigenvalue weighted by molar-refractivity contribution is -0.145. The van der Waals surface area contributed by atoms with E-state index in [1.807, 2.05) is 4.90 Å². The molecule has 3 rings (SSSR count). The molecule has 1 aromatic heterocycles. The van der Waals surface area contributed by atoms with E-state index in [2.05, 4.69) is 24.2 Å². The zero-order valence-electron chi connectivity index (χ0n) is 15.1. The number of carboxylic acid groups (broad SMARTS) is 1. The maximum Gasteiger partial charge on any atom is 0.358 e. The van der Waals surface area contributed by atoms with Crippen molar-refractivity contribution >= 4 is 11.9 Å². The molecule has 0 atom stereocenters. The largest absolute Gasteiger partial charge is 0.476 e. The average molecular weight is 348 g/mol. The number of rotatable bonds is 4. The smallest absolute Gasteiger partial charge is 0.358 e. The Labute approximate surface area is 148 Å². The van der Waals surface area contributed by atoms with Crippen LogP contribution in [0.1, 0.15) is 75.3 Å². The molecule has 1 aliphatic carbocycles. The second kappa shape index (κ2) is 7.14. The van der Waals surface area contributed by atoms with Gasteiger partial charge < -0.3 is 10.0 Å². The SMILES string of the molecule is CC(C)(C(=O)N1CCC(n2cc(C(=O)O)nn2)CC1)C1CCCCC1. The number of aromatic nitrogens is 3. The molecule has 1 saturated heterocycles. The van der Waals surface area contributed by atoms with Crippen LogP contribution in [0.4, 0.5) is 0 Å². The van der Waals surface area contributed by atoms with Crippen LogP contribution in [-0.4, -0.2) is 50.0 Å². The van der Waals surface area contributed by atoms with Crippen molar-refractivity contribution in [3.8, 4) is 0 Å². The van der Waals surface area contributed by atoms with Crippen LogP contribution in [0, 0.1) is 11.3 Å². The van der Waals surface area contributed by atoms with Crippen molar-refractivity contribution in [3.05, 3.63) is 11.9 Å². The van der Waals surface area contributed by atoms with Gasteiger partial charge in [0.2, 0.25) is 5.91 Å². The zero-order chi connectivity index (χ0) is 18.0. The quantitative estimate of drug-likeness (QED) is 0.904. The Hall–Kier alpha value is -1.92. The fourth-order valence-corrected chi connectivity index (χ4v) is 4.29. The van der Waals surface area contributed by atoms with Crippen LogP contribution in [0.2, 0.25) is 0 Å². The van der Waals surface area contributed by atoms with Crippen molar-refractivity contribution in [2.45, 2.75) is 64.8 Å². The van der Waals surface area contributed by atoms with E-state index >= 15 is 0 Å². The van der Waals surface area contributed by atoms with Crippen molar-refractivity contribution in [2.24, 2.45) is 11.3 Å². The minimum absolute atomic E-state index is 0.0306. The van der Waals surface area contributed by atoms with Crippen LogP contribution in [0.5, 0.6) is 0 Å². The molecule has 0 bridgehead atoms. The molecule has 2 aliphatic rings. The minimum Gasteiger partial charge on any atom is -0.476 e. The third kappa shape index (κ3) is 3.70. The topological polar surface area (TPSA) is 88.3 Å². The number of piperidine rings is 1. The Bertz CT molecular complexity index is 626. The molecule has 0 radical (unpaired) electrons. The Morgan fingerprint density at radius 1 is 1.12 bits per heavy atom. The summed E-state index contributed by atoms with van der Waals surface area (Å²) >= 11 is 0. The van der Waals surface area contributed by atoms with E-state index in [-0.39, 0.29) is 23.1 Å². The number of carbonyl (C=O) groups excluding carboxylic acids is 1. The summed E-state index contributed by atoms with van der Waals surface area (Å²) in [4.78, 5) is 26.0. The number of likely N-dealkylation sites (tertiary alicyclic amines) is 1. The van der Waals surface area contributed by atoms with Crippen LogP contribution in [-0.2, 0) is 4.79 Å². The Kier molecular flexibility index (Phi) is 5.11. The summed E-state index contributed by atoms with van der Waals surface area (Å²) in [6, 6.07) is 0.113. The second-order valence-corrected chi connectivity index (χ2v) is 7.97. The first-order valence-corrected chi connectivity index (χ1v) is 9.34. The third-order valence-electron chi connectivity index (χ3n) is 6.03. The number of carboxylic acids is 1. The molecule has 0 spiro atoms. The van der Waals surface area contributed by atoms with Crippen molar-refractivity contribution in [1.29, 1.82) is 0 Å². The monoisotopic (exact) mass is 348 g/mol. The summed E-state index contributed by atoms with van der Waals surface area (Å²) in [6.07, 6.45) is 9.14. The van der Waals surface area contributed by atoms with E-state index in [1.165, 1.54) is 25.5 Å². The van der Waals surface area contributed by atoms with Gasteiger partial charge in [0.1, 0.15) is 0 Å². The summed E-state index contributed by atoms with van der Waals surface area (Å²) in [6.45, 7) is 5.60. The van der Waals surface area contributed by atoms with E-state index in [0.717, 1.165) is 25.7 Å². The molecule has 7 nitrogen and oxygen atoms in total.